The Morgan fingerprint density at radius 1 is 1.24 bits per heavy atom. The molecular weight excluding hydrogens is 344 g/mol. The van der Waals surface area contributed by atoms with Crippen LogP contribution in [-0.4, -0.2) is 58.7 Å². The predicted octanol–water partition coefficient (Wildman–Crippen LogP) is 1.25. The number of hydrogen-bond donors (Lipinski definition) is 1. The number of nitrogens with zero attached hydrogens (tertiary/aromatic N) is 1. The highest BCUT2D eigenvalue weighted by Crippen LogP contribution is 2.18. The molecule has 140 valence electrons. The molecule has 8 heteroatoms. The van der Waals surface area contributed by atoms with Crippen LogP contribution in [0.1, 0.15) is 20.3 Å². The zero-order valence-corrected chi connectivity index (χ0v) is 15.7. The van der Waals surface area contributed by atoms with E-state index in [-0.39, 0.29) is 16.7 Å². The normalized spacial score (nSPS) is 16.7. The molecule has 1 saturated heterocycles. The maximum absolute atomic E-state index is 12.8. The van der Waals surface area contributed by atoms with Gasteiger partial charge in [0, 0.05) is 13.1 Å². The van der Waals surface area contributed by atoms with E-state index < -0.39 is 16.1 Å². The van der Waals surface area contributed by atoms with E-state index in [9.17, 15) is 13.2 Å². The molecule has 0 radical (unpaired) electrons. The van der Waals surface area contributed by atoms with Crippen LogP contribution in [0.2, 0.25) is 0 Å². The van der Waals surface area contributed by atoms with Crippen molar-refractivity contribution >= 4 is 15.9 Å². The number of hydrogen-bond acceptors (Lipinski definition) is 5. The number of ether oxygens (including phenoxy) is 2. The summed E-state index contributed by atoms with van der Waals surface area (Å²) in [5.74, 6) is 0.546. The van der Waals surface area contributed by atoms with Gasteiger partial charge in [-0.25, -0.2) is 8.42 Å². The number of methoxy groups -OCH3 is 1. The number of benzene rings is 1. The van der Waals surface area contributed by atoms with E-state index in [0.717, 1.165) is 0 Å². The van der Waals surface area contributed by atoms with Gasteiger partial charge >= 0.3 is 0 Å². The Kier molecular flexibility index (Phi) is 6.80. The molecular formula is C17H26N2O5S. The number of carbonyl (C=O) groups excluding carboxylic acids is 1. The van der Waals surface area contributed by atoms with Crippen molar-refractivity contribution < 1.29 is 22.7 Å². The molecule has 2 rings (SSSR count). The Hall–Kier alpha value is -1.64. The maximum Gasteiger partial charge on any atom is 0.241 e. The lowest BCUT2D eigenvalue weighted by molar-refractivity contribution is -0.137. The summed E-state index contributed by atoms with van der Waals surface area (Å²) in [6.45, 7) is 5.84. The quantitative estimate of drug-likeness (QED) is 0.781. The summed E-state index contributed by atoms with van der Waals surface area (Å²) in [7, 11) is -2.28. The van der Waals surface area contributed by atoms with Crippen molar-refractivity contribution in [3.63, 3.8) is 0 Å². The molecule has 1 heterocycles. The molecule has 1 aromatic carbocycles. The highest BCUT2D eigenvalue weighted by molar-refractivity contribution is 7.89. The number of sulfonamides is 1. The smallest absolute Gasteiger partial charge is 0.241 e. The van der Waals surface area contributed by atoms with Crippen molar-refractivity contribution in [2.24, 2.45) is 5.92 Å². The van der Waals surface area contributed by atoms with E-state index in [1.54, 1.807) is 17.0 Å². The average molecular weight is 370 g/mol. The second-order valence-electron chi connectivity index (χ2n) is 6.42. The Morgan fingerprint density at radius 3 is 2.36 bits per heavy atom. The van der Waals surface area contributed by atoms with E-state index in [0.29, 0.717) is 38.5 Å². The maximum atomic E-state index is 12.8. The number of nitrogens with one attached hydrogen (secondary N) is 1. The van der Waals surface area contributed by atoms with E-state index in [4.69, 9.17) is 9.47 Å². The predicted molar refractivity (Wildman–Crippen MR) is 94.0 cm³/mol. The molecule has 1 fully saturated rings. The van der Waals surface area contributed by atoms with E-state index in [2.05, 4.69) is 4.72 Å². The van der Waals surface area contributed by atoms with Gasteiger partial charge in [-0.2, -0.15) is 4.72 Å². The lowest BCUT2D eigenvalue weighted by atomic mass is 10.0. The zero-order chi connectivity index (χ0) is 18.4. The van der Waals surface area contributed by atoms with Crippen LogP contribution in [0.4, 0.5) is 0 Å². The highest BCUT2D eigenvalue weighted by atomic mass is 32.2. The van der Waals surface area contributed by atoms with Crippen LogP contribution in [0, 0.1) is 5.92 Å². The number of carbonyl (C=O) groups is 1. The molecule has 1 amide bonds. The molecule has 1 N–H and O–H groups in total. The zero-order valence-electron chi connectivity index (χ0n) is 14.9. The molecule has 1 aliphatic heterocycles. The van der Waals surface area contributed by atoms with Crippen molar-refractivity contribution in [2.45, 2.75) is 31.2 Å². The summed E-state index contributed by atoms with van der Waals surface area (Å²) < 4.78 is 38.2. The molecule has 0 bridgehead atoms. The summed E-state index contributed by atoms with van der Waals surface area (Å²) in [4.78, 5) is 14.5. The van der Waals surface area contributed by atoms with Crippen LogP contribution >= 0.6 is 0 Å². The molecule has 0 aliphatic carbocycles. The third kappa shape index (κ3) is 5.42. The summed E-state index contributed by atoms with van der Waals surface area (Å²) in [5, 5.41) is 0. The molecule has 1 aromatic rings. The summed E-state index contributed by atoms with van der Waals surface area (Å²) in [6.07, 6.45) is 0.436. The van der Waals surface area contributed by atoms with Crippen molar-refractivity contribution in [3.05, 3.63) is 24.3 Å². The van der Waals surface area contributed by atoms with Crippen LogP contribution < -0.4 is 9.46 Å². The third-order valence-electron chi connectivity index (χ3n) is 4.00. The minimum Gasteiger partial charge on any atom is -0.497 e. The Balaban J connectivity index is 2.17. The highest BCUT2D eigenvalue weighted by Gasteiger charge is 2.30. The van der Waals surface area contributed by atoms with Gasteiger partial charge in [-0.1, -0.05) is 13.8 Å². The van der Waals surface area contributed by atoms with Gasteiger partial charge in [0.25, 0.3) is 0 Å². The van der Waals surface area contributed by atoms with Gasteiger partial charge in [-0.15, -0.1) is 0 Å². The molecule has 7 nitrogen and oxygen atoms in total. The van der Waals surface area contributed by atoms with Crippen molar-refractivity contribution in [2.75, 3.05) is 33.4 Å². The lowest BCUT2D eigenvalue weighted by Crippen LogP contribution is -2.52. The monoisotopic (exact) mass is 370 g/mol. The van der Waals surface area contributed by atoms with Gasteiger partial charge in [0.1, 0.15) is 11.8 Å². The standard InChI is InChI=1S/C17H26N2O5S/c1-13(2)12-16(17(20)19-8-10-24-11-9-19)18-25(21,22)15-6-4-14(23-3)5-7-15/h4-7,13,16,18H,8-12H2,1-3H3/t16-/m0/s1. The second-order valence-corrected chi connectivity index (χ2v) is 8.13. The topological polar surface area (TPSA) is 84.9 Å². The van der Waals surface area contributed by atoms with Crippen LogP contribution in [-0.2, 0) is 19.6 Å². The van der Waals surface area contributed by atoms with Crippen LogP contribution in [0.25, 0.3) is 0 Å². The molecule has 0 saturated carbocycles. The first-order valence-corrected chi connectivity index (χ1v) is 9.84. The Bertz CT molecular complexity index is 667. The summed E-state index contributed by atoms with van der Waals surface area (Å²) in [6, 6.07) is 5.30. The summed E-state index contributed by atoms with van der Waals surface area (Å²) >= 11 is 0. The minimum absolute atomic E-state index is 0.108. The van der Waals surface area contributed by atoms with Gasteiger partial charge in [0.2, 0.25) is 15.9 Å². The average Bonchev–Trinajstić information content (AvgIpc) is 2.60. The van der Waals surface area contributed by atoms with Gasteiger partial charge in [-0.3, -0.25) is 4.79 Å². The largest absolute Gasteiger partial charge is 0.497 e. The second kappa shape index (κ2) is 8.64. The first-order chi connectivity index (χ1) is 11.8. The van der Waals surface area contributed by atoms with E-state index in [1.807, 2.05) is 13.8 Å². The SMILES string of the molecule is COc1ccc(S(=O)(=O)N[C@@H](CC(C)C)C(=O)N2CCOCC2)cc1. The number of morpholine rings is 1. The fraction of sp³-hybridized carbons (Fsp3) is 0.588. The molecule has 1 atom stereocenters. The van der Waals surface area contributed by atoms with Gasteiger partial charge < -0.3 is 14.4 Å². The minimum atomic E-state index is -3.80. The molecule has 1 aliphatic rings. The summed E-state index contributed by atoms with van der Waals surface area (Å²) in [5.41, 5.74) is 0. The first-order valence-electron chi connectivity index (χ1n) is 8.36. The molecule has 0 spiro atoms. The van der Waals surface area contributed by atoms with E-state index >= 15 is 0 Å². The first kappa shape index (κ1) is 19.7. The molecule has 0 unspecified atom stereocenters. The fourth-order valence-electron chi connectivity index (χ4n) is 2.69. The van der Waals surface area contributed by atoms with Crippen molar-refractivity contribution in [3.8, 4) is 5.75 Å². The Labute approximate surface area is 149 Å². The molecule has 25 heavy (non-hydrogen) atoms. The number of rotatable bonds is 7. The lowest BCUT2D eigenvalue weighted by Gasteiger charge is -2.31. The number of amides is 1. The fourth-order valence-corrected chi connectivity index (χ4v) is 3.89. The molecule has 0 aromatic heterocycles. The van der Waals surface area contributed by atoms with Crippen LogP contribution in [0.5, 0.6) is 5.75 Å². The van der Waals surface area contributed by atoms with Crippen LogP contribution in [0.3, 0.4) is 0 Å². The third-order valence-corrected chi connectivity index (χ3v) is 5.48. The van der Waals surface area contributed by atoms with Crippen LogP contribution in [0.15, 0.2) is 29.2 Å². The van der Waals surface area contributed by atoms with E-state index in [1.165, 1.54) is 19.2 Å². The van der Waals surface area contributed by atoms with Crippen molar-refractivity contribution in [1.29, 1.82) is 0 Å². The van der Waals surface area contributed by atoms with Gasteiger partial charge in [-0.05, 0) is 36.6 Å². The Morgan fingerprint density at radius 2 is 1.84 bits per heavy atom. The van der Waals surface area contributed by atoms with Gasteiger partial charge in [0.15, 0.2) is 0 Å². The van der Waals surface area contributed by atoms with Crippen molar-refractivity contribution in [1.82, 2.24) is 9.62 Å². The van der Waals surface area contributed by atoms with Gasteiger partial charge in [0.05, 0.1) is 25.2 Å².